The fraction of sp³-hybridized carbons (Fsp3) is 0.294. The van der Waals surface area contributed by atoms with Crippen molar-refractivity contribution in [2.24, 2.45) is 0 Å². The summed E-state index contributed by atoms with van der Waals surface area (Å²) in [4.78, 5) is 0. The van der Waals surface area contributed by atoms with Crippen molar-refractivity contribution >= 4 is 11.6 Å². The quantitative estimate of drug-likeness (QED) is 0.910. The number of aliphatic hydroxyl groups is 1. The van der Waals surface area contributed by atoms with Crippen molar-refractivity contribution in [2.45, 2.75) is 26.9 Å². The summed E-state index contributed by atoms with van der Waals surface area (Å²) in [6, 6.07) is 9.48. The normalized spacial score (nSPS) is 12.3. The van der Waals surface area contributed by atoms with E-state index in [4.69, 9.17) is 16.3 Å². The predicted octanol–water partition coefficient (Wildman–Crippen LogP) is 4.36. The molecule has 0 aliphatic carbocycles. The van der Waals surface area contributed by atoms with E-state index in [9.17, 15) is 5.11 Å². The first-order valence-electron chi connectivity index (χ1n) is 6.53. The third kappa shape index (κ3) is 2.82. The number of rotatable bonds is 3. The monoisotopic (exact) mass is 290 g/mol. The second-order valence-electron chi connectivity index (χ2n) is 5.08. The summed E-state index contributed by atoms with van der Waals surface area (Å²) in [7, 11) is 1.65. The van der Waals surface area contributed by atoms with E-state index in [1.807, 2.05) is 45.0 Å². The first-order valence-corrected chi connectivity index (χ1v) is 6.91. The van der Waals surface area contributed by atoms with Crippen LogP contribution in [0.2, 0.25) is 5.02 Å². The number of hydrogen-bond donors (Lipinski definition) is 1. The maximum absolute atomic E-state index is 10.6. The average molecular weight is 291 g/mol. The Morgan fingerprint density at radius 2 is 1.60 bits per heavy atom. The highest BCUT2D eigenvalue weighted by Crippen LogP contribution is 2.32. The Kier molecular flexibility index (Phi) is 4.36. The molecule has 2 nitrogen and oxygen atoms in total. The van der Waals surface area contributed by atoms with Crippen LogP contribution in [0.25, 0.3) is 0 Å². The predicted molar refractivity (Wildman–Crippen MR) is 82.7 cm³/mol. The molecule has 1 atom stereocenters. The van der Waals surface area contributed by atoms with Gasteiger partial charge >= 0.3 is 0 Å². The highest BCUT2D eigenvalue weighted by molar-refractivity contribution is 6.30. The van der Waals surface area contributed by atoms with Gasteiger partial charge in [0.15, 0.2) is 0 Å². The summed E-state index contributed by atoms with van der Waals surface area (Å²) in [5, 5.41) is 11.3. The number of benzene rings is 2. The molecule has 0 saturated heterocycles. The average Bonchev–Trinajstić information content (AvgIpc) is 2.40. The van der Waals surface area contributed by atoms with Crippen LogP contribution >= 0.6 is 11.6 Å². The Bertz CT molecular complexity index is 635. The molecule has 2 rings (SSSR count). The lowest BCUT2D eigenvalue weighted by Gasteiger charge is -2.18. The minimum Gasteiger partial charge on any atom is -0.496 e. The first kappa shape index (κ1) is 14.9. The largest absolute Gasteiger partial charge is 0.496 e. The van der Waals surface area contributed by atoms with Crippen molar-refractivity contribution in [1.29, 1.82) is 0 Å². The molecule has 3 heteroatoms. The van der Waals surface area contributed by atoms with Crippen molar-refractivity contribution in [1.82, 2.24) is 0 Å². The summed E-state index contributed by atoms with van der Waals surface area (Å²) in [5.74, 6) is 0.839. The number of hydrogen-bond acceptors (Lipinski definition) is 2. The molecule has 0 amide bonds. The Labute approximate surface area is 125 Å². The third-order valence-electron chi connectivity index (χ3n) is 3.60. The van der Waals surface area contributed by atoms with E-state index in [2.05, 4.69) is 0 Å². The molecule has 1 unspecified atom stereocenters. The maximum Gasteiger partial charge on any atom is 0.122 e. The summed E-state index contributed by atoms with van der Waals surface area (Å²) in [6.07, 6.45) is -0.656. The second kappa shape index (κ2) is 5.86. The molecule has 0 aliphatic heterocycles. The second-order valence-corrected chi connectivity index (χ2v) is 5.52. The van der Waals surface area contributed by atoms with Crippen molar-refractivity contribution in [2.75, 3.05) is 7.11 Å². The van der Waals surface area contributed by atoms with Crippen LogP contribution in [0, 0.1) is 20.8 Å². The van der Waals surface area contributed by atoms with Gasteiger partial charge in [0.25, 0.3) is 0 Å². The molecule has 0 aliphatic rings. The third-order valence-corrected chi connectivity index (χ3v) is 3.84. The van der Waals surface area contributed by atoms with Crippen molar-refractivity contribution in [3.63, 3.8) is 0 Å². The number of halogens is 1. The van der Waals surface area contributed by atoms with Crippen molar-refractivity contribution in [3.05, 3.63) is 63.2 Å². The zero-order valence-electron chi connectivity index (χ0n) is 12.2. The van der Waals surface area contributed by atoms with Gasteiger partial charge in [-0.25, -0.2) is 0 Å². The Hall–Kier alpha value is -1.51. The lowest BCUT2D eigenvalue weighted by atomic mass is 9.93. The smallest absolute Gasteiger partial charge is 0.122 e. The Morgan fingerprint density at radius 1 is 0.950 bits per heavy atom. The lowest BCUT2D eigenvalue weighted by molar-refractivity contribution is 0.218. The van der Waals surface area contributed by atoms with E-state index >= 15 is 0 Å². The topological polar surface area (TPSA) is 29.5 Å². The molecule has 0 radical (unpaired) electrons. The van der Waals surface area contributed by atoms with Gasteiger partial charge in [-0.3, -0.25) is 0 Å². The summed E-state index contributed by atoms with van der Waals surface area (Å²) < 4.78 is 5.31. The van der Waals surface area contributed by atoms with Crippen LogP contribution in [0.15, 0.2) is 30.3 Å². The van der Waals surface area contributed by atoms with Crippen molar-refractivity contribution < 1.29 is 9.84 Å². The molecule has 0 heterocycles. The van der Waals surface area contributed by atoms with Crippen LogP contribution in [-0.4, -0.2) is 12.2 Å². The molecule has 0 spiro atoms. The molecular weight excluding hydrogens is 272 g/mol. The number of methoxy groups -OCH3 is 1. The standard InChI is InChI=1S/C17H19ClO2/c1-10-7-13(18)5-6-14(10)17(19)15-8-12(3)16(20-4)9-11(15)2/h5-9,17,19H,1-4H3. The van der Waals surface area contributed by atoms with Gasteiger partial charge in [0, 0.05) is 5.02 Å². The fourth-order valence-electron chi connectivity index (χ4n) is 2.44. The summed E-state index contributed by atoms with van der Waals surface area (Å²) in [6.45, 7) is 5.91. The molecule has 2 aromatic carbocycles. The summed E-state index contributed by atoms with van der Waals surface area (Å²) in [5.41, 5.74) is 4.78. The van der Waals surface area contributed by atoms with E-state index in [1.165, 1.54) is 0 Å². The molecule has 20 heavy (non-hydrogen) atoms. The van der Waals surface area contributed by atoms with Gasteiger partial charge in [-0.05, 0) is 72.9 Å². The highest BCUT2D eigenvalue weighted by atomic mass is 35.5. The molecular formula is C17H19ClO2. The zero-order chi connectivity index (χ0) is 14.9. The van der Waals surface area contributed by atoms with E-state index in [1.54, 1.807) is 13.2 Å². The number of aliphatic hydroxyl groups excluding tert-OH is 1. The van der Waals surface area contributed by atoms with Gasteiger partial charge in [-0.15, -0.1) is 0 Å². The maximum atomic E-state index is 10.6. The van der Waals surface area contributed by atoms with Gasteiger partial charge in [-0.1, -0.05) is 17.7 Å². The molecule has 0 fully saturated rings. The Morgan fingerprint density at radius 3 is 2.20 bits per heavy atom. The molecule has 0 saturated carbocycles. The van der Waals surface area contributed by atoms with E-state index in [-0.39, 0.29) is 0 Å². The number of aryl methyl sites for hydroxylation is 3. The van der Waals surface area contributed by atoms with Crippen LogP contribution in [0.1, 0.15) is 33.9 Å². The van der Waals surface area contributed by atoms with Gasteiger partial charge in [0.05, 0.1) is 7.11 Å². The van der Waals surface area contributed by atoms with Crippen LogP contribution in [0.5, 0.6) is 5.75 Å². The number of ether oxygens (including phenoxy) is 1. The first-order chi connectivity index (χ1) is 9.43. The molecule has 2 aromatic rings. The van der Waals surface area contributed by atoms with Crippen LogP contribution in [-0.2, 0) is 0 Å². The summed E-state index contributed by atoms with van der Waals surface area (Å²) >= 11 is 5.97. The van der Waals surface area contributed by atoms with Crippen LogP contribution in [0.4, 0.5) is 0 Å². The Balaban J connectivity index is 2.48. The zero-order valence-corrected chi connectivity index (χ0v) is 13.0. The van der Waals surface area contributed by atoms with Gasteiger partial charge in [0.1, 0.15) is 11.9 Å². The van der Waals surface area contributed by atoms with Crippen LogP contribution < -0.4 is 4.74 Å². The SMILES string of the molecule is COc1cc(C)c(C(O)c2ccc(Cl)cc2C)cc1C. The van der Waals surface area contributed by atoms with Gasteiger partial charge in [0.2, 0.25) is 0 Å². The molecule has 0 bridgehead atoms. The lowest BCUT2D eigenvalue weighted by Crippen LogP contribution is -2.05. The molecule has 0 aromatic heterocycles. The van der Waals surface area contributed by atoms with Crippen molar-refractivity contribution in [3.8, 4) is 5.75 Å². The minimum atomic E-state index is -0.656. The minimum absolute atomic E-state index is 0.656. The van der Waals surface area contributed by atoms with Gasteiger partial charge < -0.3 is 9.84 Å². The molecule has 1 N–H and O–H groups in total. The molecule has 106 valence electrons. The van der Waals surface area contributed by atoms with E-state index in [0.717, 1.165) is 33.6 Å². The van der Waals surface area contributed by atoms with Crippen LogP contribution in [0.3, 0.4) is 0 Å². The van der Waals surface area contributed by atoms with Gasteiger partial charge in [-0.2, -0.15) is 0 Å². The fourth-order valence-corrected chi connectivity index (χ4v) is 2.67. The van der Waals surface area contributed by atoms with E-state index in [0.29, 0.717) is 5.02 Å². The van der Waals surface area contributed by atoms with E-state index < -0.39 is 6.10 Å². The highest BCUT2D eigenvalue weighted by Gasteiger charge is 2.17.